The highest BCUT2D eigenvalue weighted by Gasteiger charge is 2.27. The number of hydrogen-bond donors (Lipinski definition) is 4. The number of phenols is 2. The van der Waals surface area contributed by atoms with Gasteiger partial charge in [-0.05, 0) is 57.4 Å². The number of ether oxygens (including phenoxy) is 2. The van der Waals surface area contributed by atoms with Crippen molar-refractivity contribution in [1.82, 2.24) is 4.90 Å². The van der Waals surface area contributed by atoms with Crippen molar-refractivity contribution in [3.63, 3.8) is 0 Å². The molecule has 6 N–H and O–H groups in total. The summed E-state index contributed by atoms with van der Waals surface area (Å²) in [6.07, 6.45) is 2.77. The number of methoxy groups -OCH3 is 1. The van der Waals surface area contributed by atoms with Gasteiger partial charge in [-0.2, -0.15) is 0 Å². The van der Waals surface area contributed by atoms with E-state index in [0.717, 1.165) is 11.6 Å². The van der Waals surface area contributed by atoms with Crippen LogP contribution in [0, 0.1) is 0 Å². The summed E-state index contributed by atoms with van der Waals surface area (Å²) in [5.74, 6) is -1.19. The maximum atomic E-state index is 13.7. The van der Waals surface area contributed by atoms with E-state index in [2.05, 4.69) is 4.99 Å². The Hall–Kier alpha value is -4.51. The molecule has 11 nitrogen and oxygen atoms in total. The van der Waals surface area contributed by atoms with Crippen molar-refractivity contribution in [2.24, 2.45) is 16.5 Å². The van der Waals surface area contributed by atoms with Crippen LogP contribution < -0.4 is 26.4 Å². The number of carbonyl (C=O) groups is 1. The first kappa shape index (κ1) is 30.0. The van der Waals surface area contributed by atoms with Gasteiger partial charge in [0, 0.05) is 37.8 Å². The zero-order valence-corrected chi connectivity index (χ0v) is 23.4. The standard InChI is InChI=1S/C29H36N4O7/c1-16(2)8-13-19-21(34)15-22(35)23-24(36)27(25(39-26(19)23)17-9-11-18(38-5)12-10-17)40-28(37)20(30)7-6-14-32-29(31)33(3)4/h8-12,15,20,34-35H,6-7,13-14,30H2,1-5H3,(H2,31,32)/t20-/m0/s1. The fraction of sp³-hybridized carbons (Fsp3) is 0.345. The summed E-state index contributed by atoms with van der Waals surface area (Å²) in [7, 11) is 5.04. The highest BCUT2D eigenvalue weighted by atomic mass is 16.5. The fourth-order valence-corrected chi connectivity index (χ4v) is 3.84. The van der Waals surface area contributed by atoms with Crippen LogP contribution in [0.3, 0.4) is 0 Å². The van der Waals surface area contributed by atoms with E-state index < -0.39 is 28.9 Å². The van der Waals surface area contributed by atoms with E-state index in [9.17, 15) is 19.8 Å². The molecule has 0 spiro atoms. The molecule has 0 amide bonds. The molecule has 1 heterocycles. The molecule has 0 aliphatic rings. The van der Waals surface area contributed by atoms with Gasteiger partial charge in [0.05, 0.1) is 7.11 Å². The third-order valence-electron chi connectivity index (χ3n) is 6.16. The average Bonchev–Trinajstić information content (AvgIpc) is 2.91. The second kappa shape index (κ2) is 13.0. The Morgan fingerprint density at radius 2 is 1.85 bits per heavy atom. The molecular weight excluding hydrogens is 516 g/mol. The number of carbonyl (C=O) groups excluding carboxylic acids is 1. The number of hydrogen-bond acceptors (Lipinski definition) is 9. The molecule has 0 bridgehead atoms. The van der Waals surface area contributed by atoms with Crippen molar-refractivity contribution in [2.75, 3.05) is 27.7 Å². The van der Waals surface area contributed by atoms with Crippen LogP contribution in [0.2, 0.25) is 0 Å². The van der Waals surface area contributed by atoms with Crippen LogP contribution in [0.4, 0.5) is 0 Å². The number of aromatic hydroxyl groups is 2. The lowest BCUT2D eigenvalue weighted by Crippen LogP contribution is -2.35. The van der Waals surface area contributed by atoms with Crippen LogP contribution >= 0.6 is 0 Å². The van der Waals surface area contributed by atoms with Gasteiger partial charge in [-0.15, -0.1) is 0 Å². The van der Waals surface area contributed by atoms with Gasteiger partial charge in [-0.25, -0.2) is 4.79 Å². The smallest absolute Gasteiger partial charge is 0.328 e. The summed E-state index contributed by atoms with van der Waals surface area (Å²) in [6.45, 7) is 4.14. The Bertz CT molecular complexity index is 1490. The Kier molecular flexibility index (Phi) is 9.78. The molecule has 1 aromatic heterocycles. The van der Waals surface area contributed by atoms with E-state index in [-0.39, 0.29) is 35.3 Å². The lowest BCUT2D eigenvalue weighted by Gasteiger charge is -2.16. The molecule has 3 aromatic rings. The summed E-state index contributed by atoms with van der Waals surface area (Å²) >= 11 is 0. The highest BCUT2D eigenvalue weighted by molar-refractivity contribution is 5.92. The Balaban J connectivity index is 2.08. The first-order valence-corrected chi connectivity index (χ1v) is 12.7. The van der Waals surface area contributed by atoms with Crippen LogP contribution in [0.1, 0.15) is 32.3 Å². The first-order chi connectivity index (χ1) is 18.9. The van der Waals surface area contributed by atoms with E-state index in [0.29, 0.717) is 35.8 Å². The Labute approximate surface area is 232 Å². The maximum absolute atomic E-state index is 13.7. The molecule has 3 rings (SSSR count). The minimum atomic E-state index is -1.06. The number of fused-ring (bicyclic) bond motifs is 1. The molecule has 0 aliphatic heterocycles. The summed E-state index contributed by atoms with van der Waals surface area (Å²) in [4.78, 5) is 32.6. The van der Waals surface area contributed by atoms with E-state index in [1.165, 1.54) is 7.11 Å². The molecule has 11 heteroatoms. The van der Waals surface area contributed by atoms with E-state index >= 15 is 0 Å². The third-order valence-corrected chi connectivity index (χ3v) is 6.16. The predicted molar refractivity (Wildman–Crippen MR) is 154 cm³/mol. The second-order valence-electron chi connectivity index (χ2n) is 9.71. The number of esters is 1. The summed E-state index contributed by atoms with van der Waals surface area (Å²) in [5.41, 5.74) is 12.7. The molecular formula is C29H36N4O7. The molecule has 214 valence electrons. The van der Waals surface area contributed by atoms with Gasteiger partial charge in [0.2, 0.25) is 11.2 Å². The minimum absolute atomic E-state index is 0.0220. The maximum Gasteiger partial charge on any atom is 0.328 e. The molecule has 1 atom stereocenters. The topological polar surface area (TPSA) is 174 Å². The quantitative estimate of drug-likeness (QED) is 0.0960. The van der Waals surface area contributed by atoms with Gasteiger partial charge in [0.15, 0.2) is 11.7 Å². The zero-order chi connectivity index (χ0) is 29.6. The molecule has 40 heavy (non-hydrogen) atoms. The Morgan fingerprint density at radius 3 is 2.45 bits per heavy atom. The van der Waals surface area contributed by atoms with E-state index in [4.69, 9.17) is 25.4 Å². The van der Waals surface area contributed by atoms with Gasteiger partial charge in [0.25, 0.3) is 0 Å². The van der Waals surface area contributed by atoms with Crippen molar-refractivity contribution in [2.45, 2.75) is 39.2 Å². The Morgan fingerprint density at radius 1 is 1.18 bits per heavy atom. The molecule has 0 fully saturated rings. The molecule has 0 saturated heterocycles. The molecule has 0 unspecified atom stereocenters. The molecule has 0 aliphatic carbocycles. The number of aliphatic imine (C=N–C) groups is 1. The van der Waals surface area contributed by atoms with Crippen molar-refractivity contribution in [3.8, 4) is 34.3 Å². The number of guanidine groups is 1. The SMILES string of the molecule is COc1ccc(-c2oc3c(CC=C(C)C)c(O)cc(O)c3c(=O)c2OC(=O)[C@@H](N)CCCN=C(N)N(C)C)cc1. The van der Waals surface area contributed by atoms with Gasteiger partial charge >= 0.3 is 5.97 Å². The highest BCUT2D eigenvalue weighted by Crippen LogP contribution is 2.39. The minimum Gasteiger partial charge on any atom is -0.507 e. The average molecular weight is 553 g/mol. The predicted octanol–water partition coefficient (Wildman–Crippen LogP) is 3.28. The van der Waals surface area contributed by atoms with Crippen LogP contribution in [0.15, 0.2) is 56.2 Å². The molecule has 0 saturated carbocycles. The van der Waals surface area contributed by atoms with Crippen molar-refractivity contribution in [1.29, 1.82) is 0 Å². The largest absolute Gasteiger partial charge is 0.507 e. The number of phenolic OH excluding ortho intramolecular Hbond substituents is 2. The van der Waals surface area contributed by atoms with Crippen LogP contribution in [-0.4, -0.2) is 60.8 Å². The van der Waals surface area contributed by atoms with Crippen LogP contribution in [0.25, 0.3) is 22.3 Å². The van der Waals surface area contributed by atoms with Gasteiger partial charge < -0.3 is 40.5 Å². The lowest BCUT2D eigenvalue weighted by molar-refractivity contribution is -0.136. The summed E-state index contributed by atoms with van der Waals surface area (Å²) in [6, 6.07) is 6.58. The van der Waals surface area contributed by atoms with Crippen molar-refractivity contribution in [3.05, 3.63) is 57.8 Å². The normalized spacial score (nSPS) is 12.2. The fourth-order valence-electron chi connectivity index (χ4n) is 3.84. The monoisotopic (exact) mass is 552 g/mol. The number of nitrogens with two attached hydrogens (primary N) is 2. The van der Waals surface area contributed by atoms with E-state index in [1.807, 2.05) is 19.9 Å². The lowest BCUT2D eigenvalue weighted by atomic mass is 10.0. The van der Waals surface area contributed by atoms with E-state index in [1.54, 1.807) is 43.3 Å². The van der Waals surface area contributed by atoms with Crippen molar-refractivity contribution >= 4 is 22.9 Å². The number of nitrogens with zero attached hydrogens (tertiary/aromatic N) is 2. The summed E-state index contributed by atoms with van der Waals surface area (Å²) < 4.78 is 16.9. The number of rotatable bonds is 10. The van der Waals surface area contributed by atoms with Gasteiger partial charge in [-0.3, -0.25) is 9.79 Å². The first-order valence-electron chi connectivity index (χ1n) is 12.7. The van der Waals surface area contributed by atoms with Crippen LogP contribution in [-0.2, 0) is 11.2 Å². The third kappa shape index (κ3) is 6.92. The van der Waals surface area contributed by atoms with Gasteiger partial charge in [0.1, 0.15) is 34.3 Å². The second-order valence-corrected chi connectivity index (χ2v) is 9.71. The van der Waals surface area contributed by atoms with Crippen LogP contribution in [0.5, 0.6) is 23.0 Å². The summed E-state index contributed by atoms with van der Waals surface area (Å²) in [5, 5.41) is 21.0. The molecule has 2 aromatic carbocycles. The molecule has 0 radical (unpaired) electrons. The van der Waals surface area contributed by atoms with Crippen molar-refractivity contribution < 1.29 is 28.9 Å². The van der Waals surface area contributed by atoms with Gasteiger partial charge in [-0.1, -0.05) is 11.6 Å². The number of allylic oxidation sites excluding steroid dienone is 2. The number of benzene rings is 2. The zero-order valence-electron chi connectivity index (χ0n) is 23.4.